The summed E-state index contributed by atoms with van der Waals surface area (Å²) in [6.07, 6.45) is 2.99. The molecule has 0 radical (unpaired) electrons. The minimum Gasteiger partial charge on any atom is -0.493 e. The number of aryl methyl sites for hydroxylation is 1. The molecule has 1 aromatic heterocycles. The Morgan fingerprint density at radius 2 is 1.78 bits per heavy atom. The monoisotopic (exact) mass is 319 g/mol. The lowest BCUT2D eigenvalue weighted by Gasteiger charge is -2.14. The maximum atomic E-state index is 12.3. The topological polar surface area (TPSA) is 91.7 Å². The van der Waals surface area contributed by atoms with E-state index in [2.05, 4.69) is 10.4 Å². The van der Waals surface area contributed by atoms with E-state index in [9.17, 15) is 9.59 Å². The highest BCUT2D eigenvalue weighted by Crippen LogP contribution is 2.34. The molecule has 122 valence electrons. The number of carbonyl (C=O) groups excluding carboxylic acids is 2. The van der Waals surface area contributed by atoms with Crippen LogP contribution in [0.1, 0.15) is 20.7 Å². The fourth-order valence-electron chi connectivity index (χ4n) is 1.99. The van der Waals surface area contributed by atoms with E-state index in [1.165, 1.54) is 44.3 Å². The van der Waals surface area contributed by atoms with Gasteiger partial charge in [0.1, 0.15) is 0 Å². The number of hydrogen-bond acceptors (Lipinski definition) is 6. The quantitative estimate of drug-likeness (QED) is 0.839. The molecule has 1 amide bonds. The molecule has 23 heavy (non-hydrogen) atoms. The van der Waals surface area contributed by atoms with E-state index in [-0.39, 0.29) is 11.3 Å². The number of amides is 1. The number of aromatic nitrogens is 2. The van der Waals surface area contributed by atoms with Crippen LogP contribution in [0, 0.1) is 0 Å². The normalized spacial score (nSPS) is 10.1. The summed E-state index contributed by atoms with van der Waals surface area (Å²) in [5, 5.41) is 6.59. The maximum Gasteiger partial charge on any atom is 0.340 e. The number of nitrogens with one attached hydrogen (secondary N) is 1. The zero-order chi connectivity index (χ0) is 17.0. The second-order valence-electron chi connectivity index (χ2n) is 4.60. The lowest BCUT2D eigenvalue weighted by atomic mass is 10.1. The van der Waals surface area contributed by atoms with Gasteiger partial charge in [-0.3, -0.25) is 9.48 Å². The van der Waals surface area contributed by atoms with E-state index in [4.69, 9.17) is 14.2 Å². The molecule has 0 bridgehead atoms. The first kappa shape index (κ1) is 16.3. The maximum absolute atomic E-state index is 12.3. The average molecular weight is 319 g/mol. The van der Waals surface area contributed by atoms with Gasteiger partial charge >= 0.3 is 5.97 Å². The third-order valence-corrected chi connectivity index (χ3v) is 3.14. The molecule has 0 saturated heterocycles. The molecule has 1 N–H and O–H groups in total. The van der Waals surface area contributed by atoms with Crippen molar-refractivity contribution in [1.82, 2.24) is 9.78 Å². The van der Waals surface area contributed by atoms with E-state index in [1.807, 2.05) is 0 Å². The molecule has 8 heteroatoms. The van der Waals surface area contributed by atoms with Gasteiger partial charge in [0.2, 0.25) is 0 Å². The Kier molecular flexibility index (Phi) is 4.85. The first-order chi connectivity index (χ1) is 11.0. The summed E-state index contributed by atoms with van der Waals surface area (Å²) in [6, 6.07) is 2.95. The number of benzene rings is 1. The number of anilines is 1. The molecule has 0 atom stereocenters. The van der Waals surface area contributed by atoms with Gasteiger partial charge in [-0.15, -0.1) is 0 Å². The van der Waals surface area contributed by atoms with Crippen molar-refractivity contribution in [2.45, 2.75) is 0 Å². The predicted molar refractivity (Wildman–Crippen MR) is 82.0 cm³/mol. The van der Waals surface area contributed by atoms with Crippen LogP contribution in [-0.2, 0) is 11.8 Å². The molecule has 8 nitrogen and oxygen atoms in total. The third-order valence-electron chi connectivity index (χ3n) is 3.14. The van der Waals surface area contributed by atoms with Crippen LogP contribution in [0.25, 0.3) is 0 Å². The minimum atomic E-state index is -0.604. The van der Waals surface area contributed by atoms with Gasteiger partial charge in [-0.2, -0.15) is 5.10 Å². The molecule has 0 fully saturated rings. The van der Waals surface area contributed by atoms with Crippen molar-refractivity contribution in [2.75, 3.05) is 26.6 Å². The van der Waals surface area contributed by atoms with E-state index in [0.717, 1.165) is 0 Å². The number of carbonyl (C=O) groups is 2. The molecule has 0 aliphatic rings. The van der Waals surface area contributed by atoms with Gasteiger partial charge in [0.15, 0.2) is 11.5 Å². The number of hydrogen-bond donors (Lipinski definition) is 1. The molecule has 0 aliphatic carbocycles. The van der Waals surface area contributed by atoms with Gasteiger partial charge in [0.25, 0.3) is 5.91 Å². The third kappa shape index (κ3) is 3.42. The summed E-state index contributed by atoms with van der Waals surface area (Å²) < 4.78 is 16.6. The zero-order valence-electron chi connectivity index (χ0n) is 13.2. The molecular weight excluding hydrogens is 302 g/mol. The smallest absolute Gasteiger partial charge is 0.340 e. The Hall–Kier alpha value is -3.03. The van der Waals surface area contributed by atoms with Crippen molar-refractivity contribution in [3.8, 4) is 11.5 Å². The molecule has 0 spiro atoms. The fourth-order valence-corrected chi connectivity index (χ4v) is 1.99. The van der Waals surface area contributed by atoms with Crippen molar-refractivity contribution < 1.29 is 23.8 Å². The molecule has 2 aromatic rings. The number of nitrogens with zero attached hydrogens (tertiary/aromatic N) is 2. The van der Waals surface area contributed by atoms with Crippen LogP contribution in [0.3, 0.4) is 0 Å². The summed E-state index contributed by atoms with van der Waals surface area (Å²) in [6.45, 7) is 0. The van der Waals surface area contributed by atoms with E-state index in [1.54, 1.807) is 13.2 Å². The summed E-state index contributed by atoms with van der Waals surface area (Å²) in [4.78, 5) is 24.2. The first-order valence-corrected chi connectivity index (χ1v) is 6.64. The second kappa shape index (κ2) is 6.82. The van der Waals surface area contributed by atoms with E-state index >= 15 is 0 Å². The van der Waals surface area contributed by atoms with Crippen LogP contribution in [0.4, 0.5) is 5.69 Å². The van der Waals surface area contributed by atoms with Crippen molar-refractivity contribution in [1.29, 1.82) is 0 Å². The molecular formula is C15H17N3O5. The van der Waals surface area contributed by atoms with Crippen LogP contribution in [-0.4, -0.2) is 43.0 Å². The van der Waals surface area contributed by atoms with Crippen molar-refractivity contribution >= 4 is 17.6 Å². The Balaban J connectivity index is 2.42. The predicted octanol–water partition coefficient (Wildman–Crippen LogP) is 1.48. The van der Waals surface area contributed by atoms with Gasteiger partial charge in [0, 0.05) is 25.4 Å². The average Bonchev–Trinajstić information content (AvgIpc) is 3.00. The molecule has 1 aromatic carbocycles. The number of esters is 1. The SMILES string of the molecule is COC(=O)c1cc(OC)c(OC)cc1NC(=O)c1cnn(C)c1. The van der Waals surface area contributed by atoms with E-state index in [0.29, 0.717) is 17.1 Å². The highest BCUT2D eigenvalue weighted by atomic mass is 16.5. The lowest BCUT2D eigenvalue weighted by molar-refractivity contribution is 0.0601. The molecule has 0 unspecified atom stereocenters. The van der Waals surface area contributed by atoms with Crippen LogP contribution in [0.2, 0.25) is 0 Å². The number of ether oxygens (including phenoxy) is 3. The van der Waals surface area contributed by atoms with Crippen LogP contribution in [0.5, 0.6) is 11.5 Å². The minimum absolute atomic E-state index is 0.155. The Morgan fingerprint density at radius 1 is 1.13 bits per heavy atom. The summed E-state index contributed by atoms with van der Waals surface area (Å²) in [5.74, 6) is -0.281. The standard InChI is InChI=1S/C15H17N3O5/c1-18-8-9(7-16-18)14(19)17-11-6-13(22-3)12(21-2)5-10(11)15(20)23-4/h5-8H,1-4H3,(H,17,19). The summed E-state index contributed by atoms with van der Waals surface area (Å²) >= 11 is 0. The van der Waals surface area contributed by atoms with E-state index < -0.39 is 11.9 Å². The Morgan fingerprint density at radius 3 is 2.30 bits per heavy atom. The summed E-state index contributed by atoms with van der Waals surface area (Å²) in [7, 11) is 5.87. The highest BCUT2D eigenvalue weighted by molar-refractivity contribution is 6.08. The molecule has 0 saturated carbocycles. The highest BCUT2D eigenvalue weighted by Gasteiger charge is 2.20. The van der Waals surface area contributed by atoms with Gasteiger partial charge in [-0.25, -0.2) is 4.79 Å². The molecule has 0 aliphatic heterocycles. The van der Waals surface area contributed by atoms with Crippen molar-refractivity contribution in [3.05, 3.63) is 35.7 Å². The van der Waals surface area contributed by atoms with Crippen LogP contribution in [0.15, 0.2) is 24.5 Å². The van der Waals surface area contributed by atoms with Crippen molar-refractivity contribution in [2.24, 2.45) is 7.05 Å². The zero-order valence-corrected chi connectivity index (χ0v) is 13.2. The molecule has 1 heterocycles. The van der Waals surface area contributed by atoms with Gasteiger partial charge in [-0.05, 0) is 0 Å². The Labute approximate surface area is 132 Å². The van der Waals surface area contributed by atoms with Crippen LogP contribution < -0.4 is 14.8 Å². The number of rotatable bonds is 5. The van der Waals surface area contributed by atoms with Gasteiger partial charge in [-0.1, -0.05) is 0 Å². The Bertz CT molecular complexity index is 739. The largest absolute Gasteiger partial charge is 0.493 e. The first-order valence-electron chi connectivity index (χ1n) is 6.64. The lowest BCUT2D eigenvalue weighted by Crippen LogP contribution is -2.15. The van der Waals surface area contributed by atoms with Crippen molar-refractivity contribution in [3.63, 3.8) is 0 Å². The summed E-state index contributed by atoms with van der Waals surface area (Å²) in [5.41, 5.74) is 0.767. The molecule has 2 rings (SSSR count). The van der Waals surface area contributed by atoms with Gasteiger partial charge < -0.3 is 19.5 Å². The van der Waals surface area contributed by atoms with Crippen LogP contribution >= 0.6 is 0 Å². The van der Waals surface area contributed by atoms with Gasteiger partial charge in [0.05, 0.1) is 44.3 Å². The fraction of sp³-hybridized carbons (Fsp3) is 0.267. The number of methoxy groups -OCH3 is 3. The second-order valence-corrected chi connectivity index (χ2v) is 4.60.